The highest BCUT2D eigenvalue weighted by molar-refractivity contribution is 7.99. The van der Waals surface area contributed by atoms with Crippen LogP contribution in [0.5, 0.6) is 5.88 Å². The van der Waals surface area contributed by atoms with Crippen molar-refractivity contribution in [3.8, 4) is 5.88 Å². The highest BCUT2D eigenvalue weighted by Crippen LogP contribution is 2.34. The van der Waals surface area contributed by atoms with E-state index in [4.69, 9.17) is 10.5 Å². The van der Waals surface area contributed by atoms with Crippen LogP contribution in [0.3, 0.4) is 0 Å². The van der Waals surface area contributed by atoms with Crippen LogP contribution in [0.4, 0.5) is 5.69 Å². The third kappa shape index (κ3) is 3.17. The first-order valence-corrected chi connectivity index (χ1v) is 6.74. The van der Waals surface area contributed by atoms with E-state index < -0.39 is 0 Å². The molecule has 0 bridgehead atoms. The second kappa shape index (κ2) is 5.48. The third-order valence-corrected chi connectivity index (χ3v) is 3.43. The van der Waals surface area contributed by atoms with Gasteiger partial charge in [0.15, 0.2) is 0 Å². The Hall–Kier alpha value is -1.76. The molecule has 2 heterocycles. The molecule has 7 heteroatoms. The maximum absolute atomic E-state index is 6.04. The van der Waals surface area contributed by atoms with Crippen molar-refractivity contribution in [1.29, 1.82) is 0 Å². The molecule has 0 unspecified atom stereocenters. The first-order valence-electron chi connectivity index (χ1n) is 5.93. The molecule has 0 aliphatic rings. The summed E-state index contributed by atoms with van der Waals surface area (Å²) in [6.45, 7) is 5.80. The Morgan fingerprint density at radius 3 is 2.68 bits per heavy atom. The van der Waals surface area contributed by atoms with Gasteiger partial charge in [-0.2, -0.15) is 10.1 Å². The summed E-state index contributed by atoms with van der Waals surface area (Å²) in [6, 6.07) is 1.98. The monoisotopic (exact) mass is 279 g/mol. The van der Waals surface area contributed by atoms with Gasteiger partial charge < -0.3 is 10.5 Å². The predicted molar refractivity (Wildman–Crippen MR) is 74.3 cm³/mol. The number of aryl methyl sites for hydroxylation is 2. The summed E-state index contributed by atoms with van der Waals surface area (Å²) in [5.74, 6) is 0.423. The molecular weight excluding hydrogens is 262 g/mol. The zero-order valence-electron chi connectivity index (χ0n) is 11.4. The Balaban J connectivity index is 2.28. The Morgan fingerprint density at radius 2 is 2.11 bits per heavy atom. The maximum atomic E-state index is 6.04. The average Bonchev–Trinajstić information content (AvgIpc) is 2.62. The van der Waals surface area contributed by atoms with Crippen molar-refractivity contribution in [3.05, 3.63) is 18.1 Å². The number of ether oxygens (including phenoxy) is 1. The minimum Gasteiger partial charge on any atom is -0.473 e. The fourth-order valence-corrected chi connectivity index (χ4v) is 2.44. The van der Waals surface area contributed by atoms with Crippen LogP contribution in [-0.2, 0) is 7.05 Å². The highest BCUT2D eigenvalue weighted by Gasteiger charge is 2.13. The minimum absolute atomic E-state index is 0.0222. The summed E-state index contributed by atoms with van der Waals surface area (Å²) < 4.78 is 7.34. The smallest absolute Gasteiger partial charge is 0.241 e. The number of hydrogen-bond acceptors (Lipinski definition) is 6. The van der Waals surface area contributed by atoms with Gasteiger partial charge in [-0.3, -0.25) is 4.68 Å². The van der Waals surface area contributed by atoms with E-state index in [1.165, 1.54) is 18.1 Å². The van der Waals surface area contributed by atoms with Crippen molar-refractivity contribution >= 4 is 17.4 Å². The molecule has 0 fully saturated rings. The fraction of sp³-hybridized carbons (Fsp3) is 0.417. The van der Waals surface area contributed by atoms with Crippen molar-refractivity contribution < 1.29 is 4.74 Å². The summed E-state index contributed by atoms with van der Waals surface area (Å²) in [4.78, 5) is 8.25. The first-order chi connectivity index (χ1) is 8.97. The SMILES string of the molecule is Cc1cc(Sc2ncnc(OC(C)C)c2N)n(C)n1. The number of anilines is 1. The molecule has 0 aliphatic carbocycles. The van der Waals surface area contributed by atoms with E-state index in [9.17, 15) is 0 Å². The van der Waals surface area contributed by atoms with Crippen molar-refractivity contribution in [2.75, 3.05) is 5.73 Å². The number of aromatic nitrogens is 4. The lowest BCUT2D eigenvalue weighted by atomic mass is 10.4. The van der Waals surface area contributed by atoms with E-state index in [1.807, 2.05) is 33.9 Å². The van der Waals surface area contributed by atoms with Crippen LogP contribution in [0.15, 0.2) is 22.4 Å². The van der Waals surface area contributed by atoms with Crippen LogP contribution in [0.1, 0.15) is 19.5 Å². The molecule has 102 valence electrons. The Bertz CT molecular complexity index is 581. The minimum atomic E-state index is 0.0222. The van der Waals surface area contributed by atoms with Gasteiger partial charge in [-0.1, -0.05) is 0 Å². The largest absolute Gasteiger partial charge is 0.473 e. The van der Waals surface area contributed by atoms with Gasteiger partial charge in [-0.15, -0.1) is 0 Å². The molecule has 0 amide bonds. The molecule has 0 aromatic carbocycles. The van der Waals surface area contributed by atoms with Gasteiger partial charge in [0.1, 0.15) is 22.1 Å². The molecule has 0 saturated heterocycles. The molecule has 2 rings (SSSR count). The topological polar surface area (TPSA) is 78.9 Å². The van der Waals surface area contributed by atoms with Crippen LogP contribution >= 0.6 is 11.8 Å². The standard InChI is InChI=1S/C12H17N5OS/c1-7(2)18-11-10(13)12(15-6-14-11)19-9-5-8(3)16-17(9)4/h5-7H,13H2,1-4H3. The van der Waals surface area contributed by atoms with Crippen molar-refractivity contribution in [2.24, 2.45) is 7.05 Å². The summed E-state index contributed by atoms with van der Waals surface area (Å²) >= 11 is 1.45. The highest BCUT2D eigenvalue weighted by atomic mass is 32.2. The summed E-state index contributed by atoms with van der Waals surface area (Å²) in [7, 11) is 1.89. The van der Waals surface area contributed by atoms with Crippen molar-refractivity contribution in [1.82, 2.24) is 19.7 Å². The van der Waals surface area contributed by atoms with Gasteiger partial charge in [0.25, 0.3) is 0 Å². The van der Waals surface area contributed by atoms with Crippen molar-refractivity contribution in [2.45, 2.75) is 36.9 Å². The van der Waals surface area contributed by atoms with E-state index in [-0.39, 0.29) is 6.10 Å². The summed E-state index contributed by atoms with van der Waals surface area (Å²) in [6.07, 6.45) is 1.48. The molecule has 0 spiro atoms. The van der Waals surface area contributed by atoms with E-state index in [1.54, 1.807) is 4.68 Å². The molecule has 2 aromatic rings. The van der Waals surface area contributed by atoms with E-state index >= 15 is 0 Å². The van der Waals surface area contributed by atoms with E-state index in [0.29, 0.717) is 16.6 Å². The van der Waals surface area contributed by atoms with Gasteiger partial charge in [0.05, 0.1) is 11.8 Å². The molecule has 19 heavy (non-hydrogen) atoms. The van der Waals surface area contributed by atoms with E-state index in [2.05, 4.69) is 15.1 Å². The molecule has 0 saturated carbocycles. The molecule has 0 radical (unpaired) electrons. The Kier molecular flexibility index (Phi) is 3.94. The lowest BCUT2D eigenvalue weighted by molar-refractivity contribution is 0.233. The molecular formula is C12H17N5OS. The number of rotatable bonds is 4. The Morgan fingerprint density at radius 1 is 1.37 bits per heavy atom. The number of nitrogens with two attached hydrogens (primary N) is 1. The van der Waals surface area contributed by atoms with Crippen molar-refractivity contribution in [3.63, 3.8) is 0 Å². The normalized spacial score (nSPS) is 11.0. The molecule has 0 atom stereocenters. The third-order valence-electron chi connectivity index (χ3n) is 2.32. The number of nitrogen functional groups attached to an aromatic ring is 1. The molecule has 2 aromatic heterocycles. The second-order valence-corrected chi connectivity index (χ2v) is 5.42. The lowest BCUT2D eigenvalue weighted by Crippen LogP contribution is -2.10. The zero-order valence-corrected chi connectivity index (χ0v) is 12.2. The van der Waals surface area contributed by atoms with Gasteiger partial charge in [-0.05, 0) is 38.6 Å². The fourth-order valence-electron chi connectivity index (χ4n) is 1.54. The van der Waals surface area contributed by atoms with Crippen LogP contribution in [0.25, 0.3) is 0 Å². The number of nitrogens with zero attached hydrogens (tertiary/aromatic N) is 4. The summed E-state index contributed by atoms with van der Waals surface area (Å²) in [5, 5.41) is 5.93. The summed E-state index contributed by atoms with van der Waals surface area (Å²) in [5.41, 5.74) is 7.45. The number of hydrogen-bond donors (Lipinski definition) is 1. The Labute approximate surface area is 116 Å². The maximum Gasteiger partial charge on any atom is 0.241 e. The van der Waals surface area contributed by atoms with Crippen LogP contribution in [0.2, 0.25) is 0 Å². The molecule has 6 nitrogen and oxygen atoms in total. The average molecular weight is 279 g/mol. The second-order valence-electron chi connectivity index (χ2n) is 4.41. The zero-order chi connectivity index (χ0) is 14.0. The van der Waals surface area contributed by atoms with Crippen LogP contribution in [0, 0.1) is 6.92 Å². The van der Waals surface area contributed by atoms with Gasteiger partial charge >= 0.3 is 0 Å². The first kappa shape index (κ1) is 13.7. The van der Waals surface area contributed by atoms with Gasteiger partial charge in [0.2, 0.25) is 5.88 Å². The van der Waals surface area contributed by atoms with Crippen LogP contribution in [-0.4, -0.2) is 25.9 Å². The predicted octanol–water partition coefficient (Wildman–Crippen LogP) is 2.04. The lowest BCUT2D eigenvalue weighted by Gasteiger charge is -2.12. The molecule has 2 N–H and O–H groups in total. The van der Waals surface area contributed by atoms with Gasteiger partial charge in [0, 0.05) is 7.05 Å². The van der Waals surface area contributed by atoms with Crippen LogP contribution < -0.4 is 10.5 Å². The quantitative estimate of drug-likeness (QED) is 0.863. The molecule has 0 aliphatic heterocycles. The van der Waals surface area contributed by atoms with E-state index in [0.717, 1.165) is 10.7 Å². The van der Waals surface area contributed by atoms with Gasteiger partial charge in [-0.25, -0.2) is 4.98 Å².